The van der Waals surface area contributed by atoms with Crippen LogP contribution in [-0.4, -0.2) is 47.5 Å². The number of nitrogens with two attached hydrogens (primary N) is 1. The number of carboxylic acids is 1. The molecule has 3 amide bonds. The molecule has 0 aliphatic rings. The van der Waals surface area contributed by atoms with Crippen LogP contribution in [0.3, 0.4) is 0 Å². The molecule has 0 heterocycles. The van der Waals surface area contributed by atoms with Gasteiger partial charge in [0, 0.05) is 13.6 Å². The van der Waals surface area contributed by atoms with E-state index in [1.807, 2.05) is 0 Å². The van der Waals surface area contributed by atoms with Crippen LogP contribution in [0.15, 0.2) is 0 Å². The largest absolute Gasteiger partial charge is 0.481 e. The molecule has 0 aliphatic carbocycles. The smallest absolute Gasteiger partial charge is 0.312 e. The molecule has 0 aliphatic heterocycles. The van der Waals surface area contributed by atoms with Crippen molar-refractivity contribution in [2.45, 2.75) is 19.9 Å². The number of nitrogens with one attached hydrogen (secondary N) is 1. The number of aliphatic carboxylic acids is 1. The molecule has 0 fully saturated rings. The van der Waals surface area contributed by atoms with Crippen LogP contribution in [0.25, 0.3) is 0 Å². The monoisotopic (exact) mass is 231 g/mol. The van der Waals surface area contributed by atoms with Gasteiger partial charge in [0.2, 0.25) is 5.91 Å². The van der Waals surface area contributed by atoms with Gasteiger partial charge in [-0.1, -0.05) is 6.92 Å². The molecule has 0 saturated carbocycles. The lowest BCUT2D eigenvalue weighted by Gasteiger charge is -2.23. The van der Waals surface area contributed by atoms with Crippen LogP contribution < -0.4 is 11.1 Å². The molecule has 0 aromatic carbocycles. The Labute approximate surface area is 93.6 Å². The van der Waals surface area contributed by atoms with E-state index in [-0.39, 0.29) is 12.5 Å². The van der Waals surface area contributed by atoms with Crippen molar-refractivity contribution in [3.8, 4) is 0 Å². The third kappa shape index (κ3) is 4.63. The molecule has 92 valence electrons. The van der Waals surface area contributed by atoms with Crippen molar-refractivity contribution in [3.05, 3.63) is 0 Å². The van der Waals surface area contributed by atoms with Crippen molar-refractivity contribution in [2.75, 3.05) is 13.6 Å². The van der Waals surface area contributed by atoms with E-state index in [4.69, 9.17) is 10.8 Å². The number of carboxylic acid groups (broad SMARTS) is 1. The highest BCUT2D eigenvalue weighted by Crippen LogP contribution is 2.00. The number of hydrogen-bond acceptors (Lipinski definition) is 3. The zero-order valence-corrected chi connectivity index (χ0v) is 9.56. The van der Waals surface area contributed by atoms with Crippen LogP contribution in [0.2, 0.25) is 0 Å². The molecule has 2 atom stereocenters. The summed E-state index contributed by atoms with van der Waals surface area (Å²) in [4.78, 5) is 33.9. The number of nitrogens with zero attached hydrogens (tertiary/aromatic N) is 1. The van der Waals surface area contributed by atoms with Crippen molar-refractivity contribution >= 4 is 17.9 Å². The standard InChI is InChI=1S/C9H17N3O4/c1-5(8(14)15)4-12(3)7(13)6(2)11-9(10)16/h5-6H,4H2,1-3H3,(H,14,15)(H3,10,11,16). The van der Waals surface area contributed by atoms with Gasteiger partial charge in [-0.05, 0) is 6.92 Å². The highest BCUT2D eigenvalue weighted by Gasteiger charge is 2.22. The number of primary amides is 1. The van der Waals surface area contributed by atoms with Gasteiger partial charge < -0.3 is 21.1 Å². The minimum atomic E-state index is -0.977. The molecule has 4 N–H and O–H groups in total. The molecule has 0 radical (unpaired) electrons. The molecular weight excluding hydrogens is 214 g/mol. The van der Waals surface area contributed by atoms with Crippen molar-refractivity contribution in [2.24, 2.45) is 11.7 Å². The summed E-state index contributed by atoms with van der Waals surface area (Å²) in [5, 5.41) is 10.9. The van der Waals surface area contributed by atoms with Crippen LogP contribution >= 0.6 is 0 Å². The SMILES string of the molecule is CC(CN(C)C(=O)C(C)NC(N)=O)C(=O)O. The summed E-state index contributed by atoms with van der Waals surface area (Å²) in [6.45, 7) is 3.06. The average Bonchev–Trinajstić information content (AvgIpc) is 2.14. The second kappa shape index (κ2) is 5.94. The fraction of sp³-hybridized carbons (Fsp3) is 0.667. The Morgan fingerprint density at radius 3 is 2.25 bits per heavy atom. The molecule has 7 heteroatoms. The number of hydrogen-bond donors (Lipinski definition) is 3. The van der Waals surface area contributed by atoms with E-state index in [2.05, 4.69) is 5.32 Å². The Morgan fingerprint density at radius 2 is 1.88 bits per heavy atom. The first-order valence-corrected chi connectivity index (χ1v) is 4.79. The quantitative estimate of drug-likeness (QED) is 0.576. The zero-order chi connectivity index (χ0) is 12.9. The minimum Gasteiger partial charge on any atom is -0.481 e. The van der Waals surface area contributed by atoms with Gasteiger partial charge in [0.1, 0.15) is 6.04 Å². The number of amides is 3. The van der Waals surface area contributed by atoms with Crippen LogP contribution in [0.1, 0.15) is 13.8 Å². The molecule has 7 nitrogen and oxygen atoms in total. The molecule has 0 aromatic heterocycles. The van der Waals surface area contributed by atoms with Crippen molar-refractivity contribution < 1.29 is 19.5 Å². The second-order valence-corrected chi connectivity index (χ2v) is 3.69. The van der Waals surface area contributed by atoms with E-state index in [1.54, 1.807) is 0 Å². The van der Waals surface area contributed by atoms with Gasteiger partial charge in [-0.15, -0.1) is 0 Å². The van der Waals surface area contributed by atoms with Crippen LogP contribution in [0.4, 0.5) is 4.79 Å². The topological polar surface area (TPSA) is 113 Å². The van der Waals surface area contributed by atoms with Crippen LogP contribution in [-0.2, 0) is 9.59 Å². The summed E-state index contributed by atoms with van der Waals surface area (Å²) in [6.07, 6.45) is 0. The lowest BCUT2D eigenvalue weighted by Crippen LogP contribution is -2.48. The summed E-state index contributed by atoms with van der Waals surface area (Å²) < 4.78 is 0. The summed E-state index contributed by atoms with van der Waals surface area (Å²) in [6, 6.07) is -1.55. The van der Waals surface area contributed by atoms with E-state index in [9.17, 15) is 14.4 Å². The molecule has 16 heavy (non-hydrogen) atoms. The van der Waals surface area contributed by atoms with Crippen LogP contribution in [0.5, 0.6) is 0 Å². The lowest BCUT2D eigenvalue weighted by molar-refractivity contribution is -0.142. The first-order chi connectivity index (χ1) is 7.25. The number of urea groups is 1. The molecule has 0 rings (SSSR count). The van der Waals surface area contributed by atoms with E-state index in [0.29, 0.717) is 0 Å². The Morgan fingerprint density at radius 1 is 1.38 bits per heavy atom. The summed E-state index contributed by atoms with van der Waals surface area (Å²) >= 11 is 0. The Hall–Kier alpha value is -1.79. The van der Waals surface area contributed by atoms with E-state index in [0.717, 1.165) is 0 Å². The zero-order valence-electron chi connectivity index (χ0n) is 9.56. The molecule has 0 aromatic rings. The minimum absolute atomic E-state index is 0.0823. The first kappa shape index (κ1) is 14.2. The summed E-state index contributed by atoms with van der Waals surface area (Å²) in [7, 11) is 1.47. The fourth-order valence-electron chi connectivity index (χ4n) is 1.18. The van der Waals surface area contributed by atoms with Crippen molar-refractivity contribution in [1.82, 2.24) is 10.2 Å². The third-order valence-electron chi connectivity index (χ3n) is 2.07. The molecule has 0 saturated heterocycles. The second-order valence-electron chi connectivity index (χ2n) is 3.69. The number of likely N-dealkylation sites (N-methyl/N-ethyl adjacent to an activating group) is 1. The Balaban J connectivity index is 4.27. The predicted octanol–water partition coefficient (Wildman–Crippen LogP) is -0.778. The van der Waals surface area contributed by atoms with Gasteiger partial charge in [-0.2, -0.15) is 0 Å². The first-order valence-electron chi connectivity index (χ1n) is 4.79. The summed E-state index contributed by atoms with van der Waals surface area (Å²) in [5.74, 6) is -2.02. The molecule has 2 unspecified atom stereocenters. The van der Waals surface area contributed by atoms with Gasteiger partial charge in [0.15, 0.2) is 0 Å². The van der Waals surface area contributed by atoms with Crippen molar-refractivity contribution in [3.63, 3.8) is 0 Å². The Kier molecular flexibility index (Phi) is 5.27. The number of carbonyl (C=O) groups is 3. The van der Waals surface area contributed by atoms with Gasteiger partial charge >= 0.3 is 12.0 Å². The number of rotatable bonds is 5. The number of carbonyl (C=O) groups excluding carboxylic acids is 2. The van der Waals surface area contributed by atoms with Gasteiger partial charge in [-0.3, -0.25) is 9.59 Å². The van der Waals surface area contributed by atoms with Gasteiger partial charge in [0.05, 0.1) is 5.92 Å². The summed E-state index contributed by atoms with van der Waals surface area (Å²) in [5.41, 5.74) is 4.87. The Bertz CT molecular complexity index is 292. The van der Waals surface area contributed by atoms with Crippen LogP contribution in [0, 0.1) is 5.92 Å². The molecule has 0 spiro atoms. The predicted molar refractivity (Wildman–Crippen MR) is 56.6 cm³/mol. The fourth-order valence-corrected chi connectivity index (χ4v) is 1.18. The van der Waals surface area contributed by atoms with Gasteiger partial charge in [-0.25, -0.2) is 4.79 Å². The third-order valence-corrected chi connectivity index (χ3v) is 2.07. The van der Waals surface area contributed by atoms with Gasteiger partial charge in [0.25, 0.3) is 0 Å². The highest BCUT2D eigenvalue weighted by molar-refractivity contribution is 5.86. The lowest BCUT2D eigenvalue weighted by atomic mass is 10.1. The van der Waals surface area contributed by atoms with Crippen molar-refractivity contribution in [1.29, 1.82) is 0 Å². The maximum atomic E-state index is 11.6. The van der Waals surface area contributed by atoms with E-state index < -0.39 is 24.0 Å². The normalized spacial score (nSPS) is 13.7. The van der Waals surface area contributed by atoms with E-state index >= 15 is 0 Å². The highest BCUT2D eigenvalue weighted by atomic mass is 16.4. The molecular formula is C9H17N3O4. The average molecular weight is 231 g/mol. The maximum absolute atomic E-state index is 11.6. The molecule has 0 bridgehead atoms. The maximum Gasteiger partial charge on any atom is 0.312 e. The van der Waals surface area contributed by atoms with E-state index in [1.165, 1.54) is 25.8 Å².